The van der Waals surface area contributed by atoms with Crippen LogP contribution in [0.3, 0.4) is 0 Å². The van der Waals surface area contributed by atoms with Gasteiger partial charge in [0.2, 0.25) is 18.5 Å². The van der Waals surface area contributed by atoms with Gasteiger partial charge in [-0.15, -0.1) is 0 Å². The molecule has 5 rings (SSSR count). The molecule has 7 heteroatoms. The van der Waals surface area contributed by atoms with E-state index >= 15 is 0 Å². The topological polar surface area (TPSA) is 70.0 Å². The van der Waals surface area contributed by atoms with Crippen LogP contribution in [0.25, 0.3) is 0 Å². The van der Waals surface area contributed by atoms with Gasteiger partial charge in [0.15, 0.2) is 18.1 Å². The van der Waals surface area contributed by atoms with E-state index in [1.165, 1.54) is 0 Å². The predicted molar refractivity (Wildman–Crippen MR) is 123 cm³/mol. The molecule has 1 amide bonds. The molecule has 1 saturated heterocycles. The zero-order valence-corrected chi connectivity index (χ0v) is 18.8. The number of hydrogen-bond donors (Lipinski definition) is 0. The molecular formula is C26H26N2O5. The summed E-state index contributed by atoms with van der Waals surface area (Å²) in [5, 5.41) is 0. The molecule has 3 aromatic rings. The summed E-state index contributed by atoms with van der Waals surface area (Å²) < 4.78 is 18.7. The number of carbonyl (C=O) groups is 2. The smallest absolute Gasteiger partial charge is 0.231 e. The zero-order chi connectivity index (χ0) is 22.9. The molecule has 7 nitrogen and oxygen atoms in total. The number of amides is 1. The van der Waals surface area contributed by atoms with Crippen LogP contribution >= 0.6 is 0 Å². The molecule has 0 aliphatic carbocycles. The molecule has 0 spiro atoms. The summed E-state index contributed by atoms with van der Waals surface area (Å²) in [6.45, 7) is 5.54. The van der Waals surface area contributed by atoms with E-state index < -0.39 is 0 Å². The van der Waals surface area contributed by atoms with Gasteiger partial charge in [-0.25, -0.2) is 0 Å². The largest absolute Gasteiger partial charge is 0.485 e. The van der Waals surface area contributed by atoms with E-state index in [0.29, 0.717) is 24.3 Å². The summed E-state index contributed by atoms with van der Waals surface area (Å²) in [6, 6.07) is 15.1. The standard InChI is InChI=1S/C26H26N2O5/c1-17-12-22(18(2)28(17)14-19-5-10-24-25(13-19)33-16-32-24)23(29)15-31-21-8-6-20(7-9-21)27-11-3-4-26(27)30/h5-10,12-13H,3-4,11,14-16H2,1-2H3. The summed E-state index contributed by atoms with van der Waals surface area (Å²) >= 11 is 0. The van der Waals surface area contributed by atoms with Crippen molar-refractivity contribution in [1.29, 1.82) is 0 Å². The number of hydrogen-bond acceptors (Lipinski definition) is 5. The second-order valence-corrected chi connectivity index (χ2v) is 8.41. The average Bonchev–Trinajstić information content (AvgIpc) is 3.53. The highest BCUT2D eigenvalue weighted by Gasteiger charge is 2.22. The number of aromatic nitrogens is 1. The van der Waals surface area contributed by atoms with Gasteiger partial charge in [0.25, 0.3) is 0 Å². The van der Waals surface area contributed by atoms with Crippen molar-refractivity contribution in [3.63, 3.8) is 0 Å². The number of ether oxygens (including phenoxy) is 3. The van der Waals surface area contributed by atoms with Gasteiger partial charge in [0, 0.05) is 42.1 Å². The minimum atomic E-state index is -0.0705. The molecule has 170 valence electrons. The van der Waals surface area contributed by atoms with Gasteiger partial charge >= 0.3 is 0 Å². The second-order valence-electron chi connectivity index (χ2n) is 8.41. The first-order valence-corrected chi connectivity index (χ1v) is 11.1. The van der Waals surface area contributed by atoms with E-state index in [-0.39, 0.29) is 25.1 Å². The van der Waals surface area contributed by atoms with Crippen LogP contribution in [-0.4, -0.2) is 36.2 Å². The molecule has 2 aliphatic heterocycles. The van der Waals surface area contributed by atoms with Crippen LogP contribution in [0.4, 0.5) is 5.69 Å². The fourth-order valence-electron chi connectivity index (χ4n) is 4.42. The van der Waals surface area contributed by atoms with Crippen molar-refractivity contribution in [3.8, 4) is 17.2 Å². The van der Waals surface area contributed by atoms with Gasteiger partial charge in [0.05, 0.1) is 0 Å². The number of rotatable bonds is 7. The Bertz CT molecular complexity index is 1210. The first-order chi connectivity index (χ1) is 16.0. The maximum atomic E-state index is 12.9. The van der Waals surface area contributed by atoms with Gasteiger partial charge in [-0.3, -0.25) is 9.59 Å². The Labute approximate surface area is 192 Å². The maximum Gasteiger partial charge on any atom is 0.231 e. The number of fused-ring (bicyclic) bond motifs is 1. The molecule has 0 bridgehead atoms. The maximum absolute atomic E-state index is 12.9. The van der Waals surface area contributed by atoms with E-state index in [4.69, 9.17) is 14.2 Å². The van der Waals surface area contributed by atoms with Gasteiger partial charge in [-0.1, -0.05) is 6.07 Å². The molecule has 1 aromatic heterocycles. The fraction of sp³-hybridized carbons (Fsp3) is 0.308. The Hall–Kier alpha value is -3.74. The normalized spacial score (nSPS) is 14.7. The third kappa shape index (κ3) is 4.18. The van der Waals surface area contributed by atoms with Crippen molar-refractivity contribution in [1.82, 2.24) is 4.57 Å². The van der Waals surface area contributed by atoms with Crippen LogP contribution < -0.4 is 19.1 Å². The highest BCUT2D eigenvalue weighted by molar-refractivity contribution is 5.98. The molecule has 0 saturated carbocycles. The van der Waals surface area contributed by atoms with Crippen LogP contribution in [0, 0.1) is 13.8 Å². The Morgan fingerprint density at radius 2 is 1.82 bits per heavy atom. The van der Waals surface area contributed by atoms with Crippen LogP contribution in [0.15, 0.2) is 48.5 Å². The SMILES string of the molecule is Cc1cc(C(=O)COc2ccc(N3CCCC3=O)cc2)c(C)n1Cc1ccc2c(c1)OCO2. The molecule has 0 radical (unpaired) electrons. The van der Waals surface area contributed by atoms with Crippen molar-refractivity contribution in [3.05, 3.63) is 71.0 Å². The lowest BCUT2D eigenvalue weighted by molar-refractivity contribution is -0.117. The lowest BCUT2D eigenvalue weighted by Gasteiger charge is -2.16. The molecule has 0 atom stereocenters. The summed E-state index contributed by atoms with van der Waals surface area (Å²) in [5.74, 6) is 2.19. The summed E-state index contributed by atoms with van der Waals surface area (Å²) in [5.41, 5.74) is 4.51. The Morgan fingerprint density at radius 3 is 2.58 bits per heavy atom. The summed E-state index contributed by atoms with van der Waals surface area (Å²) in [4.78, 5) is 26.6. The molecule has 33 heavy (non-hydrogen) atoms. The molecule has 2 aliphatic rings. The molecular weight excluding hydrogens is 420 g/mol. The summed E-state index contributed by atoms with van der Waals surface area (Å²) in [7, 11) is 0. The molecule has 1 fully saturated rings. The Morgan fingerprint density at radius 1 is 1.03 bits per heavy atom. The molecule has 0 N–H and O–H groups in total. The van der Waals surface area contributed by atoms with Crippen molar-refractivity contribution in [2.75, 3.05) is 24.8 Å². The number of ketones is 1. The van der Waals surface area contributed by atoms with Gasteiger partial charge in [-0.2, -0.15) is 0 Å². The Kier molecular flexibility index (Phi) is 5.54. The highest BCUT2D eigenvalue weighted by Crippen LogP contribution is 2.33. The van der Waals surface area contributed by atoms with Gasteiger partial charge < -0.3 is 23.7 Å². The number of aryl methyl sites for hydroxylation is 1. The number of benzene rings is 2. The molecule has 3 heterocycles. The quantitative estimate of drug-likeness (QED) is 0.507. The fourth-order valence-corrected chi connectivity index (χ4v) is 4.42. The van der Waals surface area contributed by atoms with E-state index in [1.54, 1.807) is 17.0 Å². The minimum Gasteiger partial charge on any atom is -0.485 e. The van der Waals surface area contributed by atoms with E-state index in [2.05, 4.69) is 4.57 Å². The van der Waals surface area contributed by atoms with E-state index in [0.717, 1.165) is 47.1 Å². The van der Waals surface area contributed by atoms with Crippen molar-refractivity contribution in [2.45, 2.75) is 33.2 Å². The van der Waals surface area contributed by atoms with Crippen LogP contribution in [-0.2, 0) is 11.3 Å². The second kappa shape index (κ2) is 8.65. The predicted octanol–water partition coefficient (Wildman–Crippen LogP) is 4.27. The lowest BCUT2D eigenvalue weighted by Crippen LogP contribution is -2.23. The third-order valence-corrected chi connectivity index (χ3v) is 6.24. The third-order valence-electron chi connectivity index (χ3n) is 6.24. The first kappa shape index (κ1) is 21.1. The van der Waals surface area contributed by atoms with E-state index in [1.807, 2.05) is 50.2 Å². The number of Topliss-reactive ketones (excluding diaryl/α,β-unsaturated/α-hetero) is 1. The van der Waals surface area contributed by atoms with Gasteiger partial charge in [0.1, 0.15) is 5.75 Å². The van der Waals surface area contributed by atoms with Crippen LogP contribution in [0.5, 0.6) is 17.2 Å². The van der Waals surface area contributed by atoms with Crippen LogP contribution in [0.1, 0.15) is 40.2 Å². The number of anilines is 1. The Balaban J connectivity index is 1.24. The van der Waals surface area contributed by atoms with Crippen molar-refractivity contribution in [2.24, 2.45) is 0 Å². The molecule has 0 unspecified atom stereocenters. The van der Waals surface area contributed by atoms with Crippen molar-refractivity contribution < 1.29 is 23.8 Å². The summed E-state index contributed by atoms with van der Waals surface area (Å²) in [6.07, 6.45) is 1.48. The zero-order valence-electron chi connectivity index (χ0n) is 18.8. The average molecular weight is 447 g/mol. The number of carbonyl (C=O) groups excluding carboxylic acids is 2. The van der Waals surface area contributed by atoms with Crippen LogP contribution in [0.2, 0.25) is 0 Å². The highest BCUT2D eigenvalue weighted by atomic mass is 16.7. The number of nitrogens with zero attached hydrogens (tertiary/aromatic N) is 2. The van der Waals surface area contributed by atoms with Gasteiger partial charge in [-0.05, 0) is 68.3 Å². The monoisotopic (exact) mass is 446 g/mol. The van der Waals surface area contributed by atoms with Crippen molar-refractivity contribution >= 4 is 17.4 Å². The first-order valence-electron chi connectivity index (χ1n) is 11.1. The minimum absolute atomic E-state index is 0.0453. The lowest BCUT2D eigenvalue weighted by atomic mass is 10.1. The molecule has 2 aromatic carbocycles. The van der Waals surface area contributed by atoms with E-state index in [9.17, 15) is 9.59 Å².